The molecule has 0 bridgehead atoms. The largest absolute Gasteiger partial charge is 0.368 e. The minimum atomic E-state index is 0.0236. The number of rotatable bonds is 4. The van der Waals surface area contributed by atoms with Gasteiger partial charge in [0.2, 0.25) is 17.8 Å². The van der Waals surface area contributed by atoms with E-state index in [0.717, 1.165) is 10.7 Å². The van der Waals surface area contributed by atoms with Crippen LogP contribution in [-0.4, -0.2) is 34.0 Å². The molecule has 0 fully saturated rings. The number of nitrogens with one attached hydrogen (secondary N) is 1. The summed E-state index contributed by atoms with van der Waals surface area (Å²) in [7, 11) is 3.71. The molecular weight excluding hydrogens is 262 g/mol. The molecule has 3 N–H and O–H groups in total. The highest BCUT2D eigenvalue weighted by Crippen LogP contribution is 2.21. The Morgan fingerprint density at radius 1 is 1.26 bits per heavy atom. The summed E-state index contributed by atoms with van der Waals surface area (Å²) in [6.07, 6.45) is 0. The van der Waals surface area contributed by atoms with Crippen LogP contribution in [0.15, 0.2) is 5.38 Å². The van der Waals surface area contributed by atoms with Crippen LogP contribution in [0, 0.1) is 6.92 Å². The third kappa shape index (κ3) is 3.28. The highest BCUT2D eigenvalue weighted by atomic mass is 32.1. The maximum Gasteiger partial charge on any atom is 0.231 e. The van der Waals surface area contributed by atoms with Gasteiger partial charge >= 0.3 is 0 Å². The number of nitrogens with zero attached hydrogens (tertiary/aromatic N) is 5. The SMILES string of the molecule is Cc1csc(C(C)Nc2nc(N)nc(N(C)C)n2)n1. The summed E-state index contributed by atoms with van der Waals surface area (Å²) in [5, 5.41) is 6.19. The predicted molar refractivity (Wildman–Crippen MR) is 77.5 cm³/mol. The first kappa shape index (κ1) is 13.5. The molecule has 0 radical (unpaired) electrons. The van der Waals surface area contributed by atoms with Crippen LogP contribution < -0.4 is 16.0 Å². The Labute approximate surface area is 115 Å². The topological polar surface area (TPSA) is 92.8 Å². The molecule has 0 saturated carbocycles. The molecule has 7 nitrogen and oxygen atoms in total. The van der Waals surface area contributed by atoms with Crippen molar-refractivity contribution in [3.63, 3.8) is 0 Å². The molecule has 19 heavy (non-hydrogen) atoms. The van der Waals surface area contributed by atoms with Gasteiger partial charge < -0.3 is 16.0 Å². The summed E-state index contributed by atoms with van der Waals surface area (Å²) in [4.78, 5) is 18.6. The van der Waals surface area contributed by atoms with Gasteiger partial charge in [-0.05, 0) is 13.8 Å². The zero-order valence-electron chi connectivity index (χ0n) is 11.4. The molecule has 0 aliphatic heterocycles. The molecule has 0 saturated heterocycles. The Morgan fingerprint density at radius 3 is 2.58 bits per heavy atom. The van der Waals surface area contributed by atoms with E-state index in [1.807, 2.05) is 33.3 Å². The number of nitrogen functional groups attached to an aromatic ring is 1. The van der Waals surface area contributed by atoms with Crippen molar-refractivity contribution < 1.29 is 0 Å². The van der Waals surface area contributed by atoms with Crippen LogP contribution in [0.5, 0.6) is 0 Å². The second-order valence-corrected chi connectivity index (χ2v) is 5.29. The first-order chi connectivity index (χ1) is 8.95. The fourth-order valence-electron chi connectivity index (χ4n) is 1.47. The number of aromatic nitrogens is 4. The Morgan fingerprint density at radius 2 is 2.00 bits per heavy atom. The van der Waals surface area contributed by atoms with Gasteiger partial charge in [-0.1, -0.05) is 0 Å². The maximum absolute atomic E-state index is 5.67. The molecule has 0 aromatic carbocycles. The van der Waals surface area contributed by atoms with Crippen LogP contribution in [0.2, 0.25) is 0 Å². The van der Waals surface area contributed by atoms with Gasteiger partial charge in [0.05, 0.1) is 6.04 Å². The lowest BCUT2D eigenvalue weighted by Crippen LogP contribution is -2.17. The zero-order valence-corrected chi connectivity index (χ0v) is 12.2. The number of hydrogen-bond acceptors (Lipinski definition) is 8. The Balaban J connectivity index is 2.18. The van der Waals surface area contributed by atoms with Crippen LogP contribution in [0.4, 0.5) is 17.8 Å². The summed E-state index contributed by atoms with van der Waals surface area (Å²) in [6.45, 7) is 3.98. The second kappa shape index (κ2) is 5.35. The summed E-state index contributed by atoms with van der Waals surface area (Å²) in [6, 6.07) is 0.0236. The van der Waals surface area contributed by atoms with Crippen molar-refractivity contribution in [2.45, 2.75) is 19.9 Å². The molecule has 0 amide bonds. The monoisotopic (exact) mass is 279 g/mol. The first-order valence-corrected chi connectivity index (χ1v) is 6.71. The molecule has 0 aliphatic rings. The lowest BCUT2D eigenvalue weighted by Gasteiger charge is -2.14. The van der Waals surface area contributed by atoms with E-state index in [0.29, 0.717) is 11.9 Å². The van der Waals surface area contributed by atoms with Crippen molar-refractivity contribution in [3.05, 3.63) is 16.1 Å². The predicted octanol–water partition coefficient (Wildman–Crippen LogP) is 1.46. The average Bonchev–Trinajstić information content (AvgIpc) is 2.75. The molecular formula is C11H17N7S. The fraction of sp³-hybridized carbons (Fsp3) is 0.455. The highest BCUT2D eigenvalue weighted by Gasteiger charge is 2.12. The molecule has 8 heteroatoms. The average molecular weight is 279 g/mol. The molecule has 102 valence electrons. The van der Waals surface area contributed by atoms with Gasteiger partial charge in [0.25, 0.3) is 0 Å². The van der Waals surface area contributed by atoms with Crippen LogP contribution in [0.25, 0.3) is 0 Å². The quantitative estimate of drug-likeness (QED) is 0.875. The summed E-state index contributed by atoms with van der Waals surface area (Å²) >= 11 is 1.61. The molecule has 1 atom stereocenters. The van der Waals surface area contributed by atoms with E-state index in [-0.39, 0.29) is 12.0 Å². The number of aryl methyl sites for hydroxylation is 1. The molecule has 0 spiro atoms. The summed E-state index contributed by atoms with van der Waals surface area (Å²) in [5.41, 5.74) is 6.69. The van der Waals surface area contributed by atoms with Crippen molar-refractivity contribution >= 4 is 29.2 Å². The van der Waals surface area contributed by atoms with Crippen molar-refractivity contribution in [2.24, 2.45) is 0 Å². The third-order valence-electron chi connectivity index (χ3n) is 2.39. The van der Waals surface area contributed by atoms with Gasteiger partial charge in [0.15, 0.2) is 0 Å². The van der Waals surface area contributed by atoms with Crippen LogP contribution in [0.3, 0.4) is 0 Å². The third-order valence-corrected chi connectivity index (χ3v) is 3.54. The van der Waals surface area contributed by atoms with Crippen molar-refractivity contribution in [1.29, 1.82) is 0 Å². The Hall–Kier alpha value is -1.96. The van der Waals surface area contributed by atoms with E-state index < -0.39 is 0 Å². The molecule has 2 aromatic rings. The van der Waals surface area contributed by atoms with E-state index >= 15 is 0 Å². The minimum Gasteiger partial charge on any atom is -0.368 e. The van der Waals surface area contributed by atoms with Crippen molar-refractivity contribution in [3.8, 4) is 0 Å². The van der Waals surface area contributed by atoms with Gasteiger partial charge in [-0.25, -0.2) is 4.98 Å². The minimum absolute atomic E-state index is 0.0236. The van der Waals surface area contributed by atoms with Crippen LogP contribution in [0.1, 0.15) is 23.7 Å². The number of hydrogen-bond donors (Lipinski definition) is 2. The molecule has 2 rings (SSSR count). The number of anilines is 3. The molecule has 1 unspecified atom stereocenters. The summed E-state index contributed by atoms with van der Waals surface area (Å²) < 4.78 is 0. The first-order valence-electron chi connectivity index (χ1n) is 5.83. The number of nitrogens with two attached hydrogens (primary N) is 1. The Bertz CT molecular complexity index is 566. The van der Waals surface area contributed by atoms with Crippen LogP contribution >= 0.6 is 11.3 Å². The zero-order chi connectivity index (χ0) is 14.0. The van der Waals surface area contributed by atoms with Gasteiger partial charge in [-0.2, -0.15) is 15.0 Å². The fourth-order valence-corrected chi connectivity index (χ4v) is 2.28. The normalized spacial score (nSPS) is 12.2. The second-order valence-electron chi connectivity index (χ2n) is 4.40. The lowest BCUT2D eigenvalue weighted by molar-refractivity contribution is 0.835. The van der Waals surface area contributed by atoms with E-state index in [1.165, 1.54) is 0 Å². The van der Waals surface area contributed by atoms with E-state index in [4.69, 9.17) is 5.73 Å². The summed E-state index contributed by atoms with van der Waals surface area (Å²) in [5.74, 6) is 1.18. The number of thiazole rings is 1. The van der Waals surface area contributed by atoms with E-state index in [9.17, 15) is 0 Å². The molecule has 0 aliphatic carbocycles. The van der Waals surface area contributed by atoms with Crippen LogP contribution in [-0.2, 0) is 0 Å². The van der Waals surface area contributed by atoms with E-state index in [2.05, 4.69) is 25.3 Å². The molecule has 2 heterocycles. The van der Waals surface area contributed by atoms with E-state index in [1.54, 1.807) is 16.2 Å². The van der Waals surface area contributed by atoms with Gasteiger partial charge in [0, 0.05) is 25.2 Å². The smallest absolute Gasteiger partial charge is 0.231 e. The van der Waals surface area contributed by atoms with Gasteiger partial charge in [-0.3, -0.25) is 0 Å². The van der Waals surface area contributed by atoms with Gasteiger partial charge in [-0.15, -0.1) is 11.3 Å². The van der Waals surface area contributed by atoms with Gasteiger partial charge in [0.1, 0.15) is 5.01 Å². The maximum atomic E-state index is 5.67. The molecule has 2 aromatic heterocycles. The van der Waals surface area contributed by atoms with Crippen molar-refractivity contribution in [1.82, 2.24) is 19.9 Å². The lowest BCUT2D eigenvalue weighted by atomic mass is 10.3. The highest BCUT2D eigenvalue weighted by molar-refractivity contribution is 7.09. The standard InChI is InChI=1S/C11H17N7S/c1-6-5-19-8(13-6)7(2)14-10-15-9(12)16-11(17-10)18(3)4/h5,7H,1-4H3,(H3,12,14,15,16,17). The Kier molecular flexibility index (Phi) is 3.79. The van der Waals surface area contributed by atoms with Crippen molar-refractivity contribution in [2.75, 3.05) is 30.0 Å².